The van der Waals surface area contributed by atoms with E-state index in [2.05, 4.69) is 200 Å². The highest BCUT2D eigenvalue weighted by Gasteiger charge is 2.22. The average molecular weight is 1630 g/mol. The Morgan fingerprint density at radius 2 is 0.341 bits per heavy atom. The predicted molar refractivity (Wildman–Crippen MR) is 515 cm³/mol. The fourth-order valence-electron chi connectivity index (χ4n) is 14.9. The second kappa shape index (κ2) is 60.0. The number of unbranched alkanes of at least 4 members (excludes halogenated alkanes) is 30. The summed E-state index contributed by atoms with van der Waals surface area (Å²) in [5, 5.41) is 58.6. The maximum Gasteiger partial charge on any atom is 0.130 e. The number of allylic oxidation sites excluding steroid dienone is 3. The lowest BCUT2D eigenvalue weighted by Gasteiger charge is -2.25. The lowest BCUT2D eigenvalue weighted by atomic mass is 9.86. The zero-order valence-electron chi connectivity index (χ0n) is 74.8. The molecule has 0 aliphatic heterocycles. The molecule has 0 unspecified atom stereocenters. The van der Waals surface area contributed by atoms with Crippen molar-refractivity contribution >= 4 is 35.3 Å². The van der Waals surface area contributed by atoms with E-state index in [-0.39, 0.29) is 16.7 Å². The first-order valence-electron chi connectivity index (χ1n) is 46.3. The molecular weight excluding hydrogens is 1500 g/mol. The van der Waals surface area contributed by atoms with Crippen LogP contribution in [-0.2, 0) is 0 Å². The Morgan fingerprint density at radius 1 is 0.195 bits per heavy atom. The SMILES string of the molecule is CCCCCCCCN(CCCCCCCC)c1ccc(C#Cc2c(C#Cc3ccc(C=C(C#N)C#N)cc3)c(C#Cc3ccc(N(CCCCCCCC)CCCCCCCC)cc3)c(C#Cc3ccc(C=C(C#N)C#N)cc3)c(C#Cc3ccc(N(CCCCCCCC)CCCCCCCC)cc3)c2C#Cc2ccc(C=C(C#N)C#N)cc2)cc1. The van der Waals surface area contributed by atoms with Crippen molar-refractivity contribution in [2.75, 3.05) is 54.0 Å². The van der Waals surface area contributed by atoms with Crippen molar-refractivity contribution in [3.05, 3.63) is 246 Å². The minimum Gasteiger partial charge on any atom is -0.372 e. The number of hydrogen-bond donors (Lipinski definition) is 0. The third kappa shape index (κ3) is 36.7. The molecule has 0 aromatic heterocycles. The summed E-state index contributed by atoms with van der Waals surface area (Å²) in [6.07, 6.45) is 48.6. The summed E-state index contributed by atoms with van der Waals surface area (Å²) in [5.74, 6) is 43.8. The number of nitrogens with zero attached hydrogens (tertiary/aromatic N) is 9. The summed E-state index contributed by atoms with van der Waals surface area (Å²) in [5.41, 5.74) is 12.6. The van der Waals surface area contributed by atoms with Gasteiger partial charge in [0.25, 0.3) is 0 Å². The molecule has 9 nitrogen and oxygen atoms in total. The van der Waals surface area contributed by atoms with Gasteiger partial charge in [0.2, 0.25) is 0 Å². The van der Waals surface area contributed by atoms with Gasteiger partial charge in [-0.25, -0.2) is 0 Å². The fraction of sp³-hybridized carbons (Fsp3) is 0.421. The van der Waals surface area contributed by atoms with Crippen molar-refractivity contribution < 1.29 is 0 Å². The molecule has 7 aromatic rings. The zero-order valence-corrected chi connectivity index (χ0v) is 74.8. The fourth-order valence-corrected chi connectivity index (χ4v) is 14.9. The van der Waals surface area contributed by atoms with E-state index in [1.54, 1.807) is 18.2 Å². The van der Waals surface area contributed by atoms with Gasteiger partial charge in [-0.1, -0.05) is 342 Å². The Bertz CT molecular complexity index is 4530. The molecule has 9 heteroatoms. The van der Waals surface area contributed by atoms with Gasteiger partial charge in [-0.3, -0.25) is 0 Å². The summed E-state index contributed by atoms with van der Waals surface area (Å²) in [4.78, 5) is 7.69. The van der Waals surface area contributed by atoms with Gasteiger partial charge < -0.3 is 14.7 Å². The van der Waals surface area contributed by atoms with Crippen LogP contribution >= 0.6 is 0 Å². The van der Waals surface area contributed by atoms with Crippen molar-refractivity contribution in [3.8, 4) is 107 Å². The lowest BCUT2D eigenvalue weighted by Crippen LogP contribution is -2.25. The Balaban J connectivity index is 1.61. The summed E-state index contributed by atoms with van der Waals surface area (Å²) in [7, 11) is 0. The Kier molecular flexibility index (Phi) is 47.6. The van der Waals surface area contributed by atoms with Crippen LogP contribution in [0.1, 0.15) is 356 Å². The first kappa shape index (κ1) is 97.6. The van der Waals surface area contributed by atoms with Crippen molar-refractivity contribution in [2.24, 2.45) is 0 Å². The highest BCUT2D eigenvalue weighted by molar-refractivity contribution is 5.79. The van der Waals surface area contributed by atoms with Crippen molar-refractivity contribution in [1.29, 1.82) is 31.6 Å². The number of anilines is 3. The summed E-state index contributed by atoms with van der Waals surface area (Å²) >= 11 is 0. The van der Waals surface area contributed by atoms with E-state index in [4.69, 9.17) is 0 Å². The molecule has 0 spiro atoms. The maximum absolute atomic E-state index is 9.77. The minimum atomic E-state index is -0.0200. The lowest BCUT2D eigenvalue weighted by molar-refractivity contribution is 0.575. The van der Waals surface area contributed by atoms with E-state index in [1.807, 2.05) is 109 Å². The highest BCUT2D eigenvalue weighted by atomic mass is 15.1. The number of nitriles is 6. The van der Waals surface area contributed by atoms with E-state index in [1.165, 1.54) is 210 Å². The molecule has 0 aliphatic carbocycles. The number of rotatable bonds is 48. The monoisotopic (exact) mass is 1620 g/mol. The quantitative estimate of drug-likeness (QED) is 0.0206. The Labute approximate surface area is 742 Å². The normalized spacial score (nSPS) is 10.1. The molecule has 0 fully saturated rings. The van der Waals surface area contributed by atoms with Gasteiger partial charge in [0, 0.05) is 89.7 Å². The Morgan fingerprint density at radius 3 is 0.496 bits per heavy atom. The Hall–Kier alpha value is -12.5. The van der Waals surface area contributed by atoms with Gasteiger partial charge in [0.05, 0.1) is 33.4 Å². The molecule has 0 N–H and O–H groups in total. The molecule has 0 saturated carbocycles. The second-order valence-electron chi connectivity index (χ2n) is 32.2. The summed E-state index contributed by atoms with van der Waals surface area (Å²) in [6.45, 7) is 19.5. The van der Waals surface area contributed by atoms with Gasteiger partial charge in [-0.15, -0.1) is 0 Å². The smallest absolute Gasteiger partial charge is 0.130 e. The summed E-state index contributed by atoms with van der Waals surface area (Å²) < 4.78 is 0. The third-order valence-electron chi connectivity index (χ3n) is 22.3. The van der Waals surface area contributed by atoms with E-state index >= 15 is 0 Å². The largest absolute Gasteiger partial charge is 0.372 e. The van der Waals surface area contributed by atoms with Crippen LogP contribution in [0.15, 0.2) is 162 Å². The van der Waals surface area contributed by atoms with Crippen LogP contribution in [0.5, 0.6) is 0 Å². The van der Waals surface area contributed by atoms with Crippen molar-refractivity contribution in [2.45, 2.75) is 273 Å². The number of benzene rings is 7. The molecule has 0 atom stereocenters. The maximum atomic E-state index is 9.77. The molecule has 630 valence electrons. The first-order valence-corrected chi connectivity index (χ1v) is 46.3. The van der Waals surface area contributed by atoms with E-state index in [0.717, 1.165) is 94.5 Å². The van der Waals surface area contributed by atoms with Gasteiger partial charge in [-0.05, 0) is 183 Å². The van der Waals surface area contributed by atoms with Crippen LogP contribution in [0, 0.1) is 139 Å². The van der Waals surface area contributed by atoms with Crippen LogP contribution < -0.4 is 14.7 Å². The van der Waals surface area contributed by atoms with Gasteiger partial charge >= 0.3 is 0 Å². The molecule has 123 heavy (non-hydrogen) atoms. The van der Waals surface area contributed by atoms with Gasteiger partial charge in [0.1, 0.15) is 53.1 Å². The van der Waals surface area contributed by atoms with Gasteiger partial charge in [-0.2, -0.15) is 31.6 Å². The molecule has 0 aliphatic rings. The molecule has 0 amide bonds. The summed E-state index contributed by atoms with van der Waals surface area (Å²) in [6, 6.07) is 60.2. The van der Waals surface area contributed by atoms with Crippen LogP contribution in [0.25, 0.3) is 18.2 Å². The first-order chi connectivity index (χ1) is 60.5. The topological polar surface area (TPSA) is 152 Å². The molecule has 0 saturated heterocycles. The predicted octanol–water partition coefficient (Wildman–Crippen LogP) is 28.0. The molecule has 7 aromatic carbocycles. The van der Waals surface area contributed by atoms with Crippen LogP contribution in [0.4, 0.5) is 17.1 Å². The van der Waals surface area contributed by atoms with E-state index < -0.39 is 0 Å². The van der Waals surface area contributed by atoms with Gasteiger partial charge in [0.15, 0.2) is 0 Å². The van der Waals surface area contributed by atoms with Crippen LogP contribution in [0.3, 0.4) is 0 Å². The van der Waals surface area contributed by atoms with E-state index in [0.29, 0.717) is 66.8 Å². The van der Waals surface area contributed by atoms with E-state index in [9.17, 15) is 31.6 Å². The minimum absolute atomic E-state index is 0.0200. The highest BCUT2D eigenvalue weighted by Crippen LogP contribution is 2.31. The number of hydrogen-bond acceptors (Lipinski definition) is 9. The average Bonchev–Trinajstić information content (AvgIpc) is 0.760. The molecule has 0 heterocycles. The van der Waals surface area contributed by atoms with Crippen LogP contribution in [0.2, 0.25) is 0 Å². The second-order valence-corrected chi connectivity index (χ2v) is 32.2. The standard InChI is InChI=1S/C114H129N9/c1-7-13-19-25-31-37-79-121(80-38-32-26-20-14-8-2)106-67-55-97(56-68-106)64-76-112-109(73-61-94-43-49-100(50-44-94)85-103(88-115)89-116)113(77-65-98-57-69-107(70-58-98)122(81-39-33-27-21-15-9-3)82-40-34-28-22-16-10-4)111(75-63-96-47-53-102(54-48-96)87-105(92-119)93-120)114(110(112)74-62-95-45-51-101(52-46-95)86-104(90-117)91-118)78-66-99-59-71-108(72-60-99)123(83-41-35-29-23-17-11-5)84-42-36-30-24-18-12-6/h43-60,67-72,85-87H,7-42,79-84H2,1-6H3. The molecule has 7 rings (SSSR count). The van der Waals surface area contributed by atoms with Crippen molar-refractivity contribution in [1.82, 2.24) is 0 Å². The van der Waals surface area contributed by atoms with Crippen molar-refractivity contribution in [3.63, 3.8) is 0 Å². The third-order valence-corrected chi connectivity index (χ3v) is 22.3. The molecular formula is C114H129N9. The van der Waals surface area contributed by atoms with Crippen LogP contribution in [-0.4, -0.2) is 39.3 Å². The zero-order chi connectivity index (χ0) is 87.4. The molecule has 0 bridgehead atoms. The molecule has 0 radical (unpaired) electrons.